The Morgan fingerprint density at radius 1 is 0.600 bits per heavy atom. The topological polar surface area (TPSA) is 70.8 Å². The first-order valence-corrected chi connectivity index (χ1v) is 26.2. The van der Waals surface area contributed by atoms with Crippen molar-refractivity contribution in [2.24, 2.45) is 5.41 Å². The molecule has 0 radical (unpaired) electrons. The van der Waals surface area contributed by atoms with E-state index in [1.54, 1.807) is 12.4 Å². The maximum absolute atomic E-state index is 13.2. The van der Waals surface area contributed by atoms with E-state index in [2.05, 4.69) is 101 Å². The fourth-order valence-corrected chi connectivity index (χ4v) is 10.2. The molecule has 5 nitrogen and oxygen atoms in total. The Kier molecular flexibility index (Phi) is 20.7. The van der Waals surface area contributed by atoms with E-state index in [4.69, 9.17) is 0 Å². The average molecular weight is 1140 g/mol. The van der Waals surface area contributed by atoms with Crippen LogP contribution in [0.1, 0.15) is 95.7 Å². The van der Waals surface area contributed by atoms with Crippen molar-refractivity contribution in [3.05, 3.63) is 192 Å². The predicted octanol–water partition coefficient (Wildman–Crippen LogP) is 16.5. The van der Waals surface area contributed by atoms with Gasteiger partial charge in [-0.15, -0.1) is 100 Å². The van der Waals surface area contributed by atoms with Crippen LogP contribution in [0.25, 0.3) is 65.2 Å². The van der Waals surface area contributed by atoms with Gasteiger partial charge in [0.15, 0.2) is 5.78 Å². The molecule has 0 unspecified atom stereocenters. The van der Waals surface area contributed by atoms with Gasteiger partial charge in [-0.05, 0) is 120 Å². The molecule has 0 amide bonds. The van der Waals surface area contributed by atoms with E-state index in [0.717, 1.165) is 57.2 Å². The summed E-state index contributed by atoms with van der Waals surface area (Å²) in [6.45, 7) is 10.2. The minimum Gasteiger partial charge on any atom is -0.875 e. The molecule has 0 saturated heterocycles. The third-order valence-electron chi connectivity index (χ3n) is 12.0. The van der Waals surface area contributed by atoms with Crippen LogP contribution in [-0.4, -0.2) is 20.3 Å². The molecule has 8 heteroatoms. The van der Waals surface area contributed by atoms with E-state index < -0.39 is 5.41 Å². The average Bonchev–Trinajstić information content (AvgIpc) is 4.14. The standard InChI is InChI=1S/C40H49NO2S2.2C11H8N.Ir/c1-6-8-10-12-14-31-18-22-37(44-31)28-16-20-35-33(24-28)34-25-29(38-23-19-32(45-38)15-13-11-9-7-2)17-21-36(34)41(35)27-30(42)26-39(43)40(3,4)5;2*1-2-6-10(7-3-1)11-8-4-5-9-12-11;/h16-26,43H,6-15,27H2,1-5H3;2*1-6,8-9H;/q;2*-1;+3/p-1/b39-26-;;;. The smallest absolute Gasteiger partial charge is 0.875 e. The fourth-order valence-electron chi connectivity index (χ4n) is 8.08. The van der Waals surface area contributed by atoms with Crippen LogP contribution < -0.4 is 5.11 Å². The van der Waals surface area contributed by atoms with E-state index in [-0.39, 0.29) is 38.2 Å². The molecule has 0 N–H and O–H groups in total. The molecule has 4 aromatic carbocycles. The van der Waals surface area contributed by atoms with Crippen LogP contribution >= 0.6 is 22.7 Å². The first-order valence-electron chi connectivity index (χ1n) is 24.5. The number of carbonyl (C=O) groups excluding carboxylic acids is 1. The molecule has 0 fully saturated rings. The maximum Gasteiger partial charge on any atom is 3.00 e. The second-order valence-electron chi connectivity index (χ2n) is 18.4. The number of hydrogen-bond donors (Lipinski definition) is 0. The van der Waals surface area contributed by atoms with Crippen LogP contribution in [0.3, 0.4) is 0 Å². The third kappa shape index (κ3) is 15.1. The molecule has 0 aliphatic carbocycles. The number of nitrogens with zero attached hydrogens (tertiary/aromatic N) is 3. The van der Waals surface area contributed by atoms with Gasteiger partial charge in [-0.25, -0.2) is 0 Å². The Balaban J connectivity index is 0.000000258. The summed E-state index contributed by atoms with van der Waals surface area (Å²) in [5, 5.41) is 14.9. The summed E-state index contributed by atoms with van der Waals surface area (Å²) in [6.07, 6.45) is 17.3. The van der Waals surface area contributed by atoms with Gasteiger partial charge in [0.05, 0.1) is 6.54 Å². The Morgan fingerprint density at radius 2 is 1.07 bits per heavy atom. The van der Waals surface area contributed by atoms with Crippen LogP contribution in [0.5, 0.6) is 0 Å². The van der Waals surface area contributed by atoms with Crippen LogP contribution in [0.2, 0.25) is 0 Å². The number of fused-ring (bicyclic) bond motifs is 3. The van der Waals surface area contributed by atoms with Crippen molar-refractivity contribution in [2.75, 3.05) is 0 Å². The number of benzene rings is 4. The van der Waals surface area contributed by atoms with Gasteiger partial charge in [0, 0.05) is 53.7 Å². The predicted molar refractivity (Wildman–Crippen MR) is 291 cm³/mol. The van der Waals surface area contributed by atoms with Gasteiger partial charge in [-0.2, -0.15) is 0 Å². The normalized spacial score (nSPS) is 11.4. The molecule has 9 aromatic rings. The Hall–Kier alpha value is -5.76. The van der Waals surface area contributed by atoms with Crippen molar-refractivity contribution >= 4 is 50.3 Å². The summed E-state index contributed by atoms with van der Waals surface area (Å²) in [7, 11) is 0. The number of carbonyl (C=O) groups is 1. The zero-order valence-corrected chi connectivity index (χ0v) is 45.2. The van der Waals surface area contributed by atoms with Gasteiger partial charge in [0.1, 0.15) is 0 Å². The minimum atomic E-state index is -0.578. The zero-order valence-electron chi connectivity index (χ0n) is 41.2. The molecule has 0 aliphatic rings. The van der Waals surface area contributed by atoms with E-state index in [1.807, 2.05) is 128 Å². The van der Waals surface area contributed by atoms with Gasteiger partial charge >= 0.3 is 20.1 Å². The first-order chi connectivity index (χ1) is 33.6. The van der Waals surface area contributed by atoms with Gasteiger partial charge in [0.2, 0.25) is 0 Å². The van der Waals surface area contributed by atoms with Crippen molar-refractivity contribution in [3.63, 3.8) is 0 Å². The van der Waals surface area contributed by atoms with Crippen LogP contribution in [0.4, 0.5) is 0 Å². The van der Waals surface area contributed by atoms with Gasteiger partial charge in [0.25, 0.3) is 0 Å². The van der Waals surface area contributed by atoms with Crippen molar-refractivity contribution in [3.8, 4) is 43.4 Å². The molecule has 0 saturated carbocycles. The van der Waals surface area contributed by atoms with Gasteiger partial charge in [-0.3, -0.25) is 4.79 Å². The Bertz CT molecular complexity index is 2750. The molecule has 0 spiro atoms. The van der Waals surface area contributed by atoms with Crippen LogP contribution in [-0.2, 0) is 44.3 Å². The zero-order chi connectivity index (χ0) is 48.4. The second kappa shape index (κ2) is 27.0. The summed E-state index contributed by atoms with van der Waals surface area (Å²) < 4.78 is 2.09. The van der Waals surface area contributed by atoms with Crippen LogP contribution in [0.15, 0.2) is 170 Å². The molecule has 5 aromatic heterocycles. The largest absolute Gasteiger partial charge is 3.00 e. The number of unbranched alkanes of at least 4 members (excludes halogenated alkanes) is 6. The number of allylic oxidation sites excluding steroid dienone is 2. The fraction of sp³-hybridized carbons (Fsp3) is 0.274. The van der Waals surface area contributed by atoms with Crippen molar-refractivity contribution in [2.45, 2.75) is 105 Å². The van der Waals surface area contributed by atoms with E-state index >= 15 is 0 Å². The van der Waals surface area contributed by atoms with E-state index in [0.29, 0.717) is 0 Å². The molecular formula is C62H64IrN3O2S2. The molecular weight excluding hydrogens is 1080 g/mol. The quantitative estimate of drug-likeness (QED) is 0.0394. The first kappa shape index (κ1) is 53.6. The summed E-state index contributed by atoms with van der Waals surface area (Å²) in [4.78, 5) is 27.1. The monoisotopic (exact) mass is 1140 g/mol. The summed E-state index contributed by atoms with van der Waals surface area (Å²) in [5.74, 6) is -0.303. The van der Waals surface area contributed by atoms with Gasteiger partial charge in [-0.1, -0.05) is 110 Å². The molecule has 0 bridgehead atoms. The minimum absolute atomic E-state index is 0. The number of pyridine rings is 2. The number of rotatable bonds is 17. The van der Waals surface area contributed by atoms with E-state index in [1.165, 1.54) is 88.1 Å². The maximum atomic E-state index is 13.2. The van der Waals surface area contributed by atoms with Crippen molar-refractivity contribution in [1.82, 2.24) is 14.5 Å². The molecule has 70 heavy (non-hydrogen) atoms. The molecule has 9 rings (SSSR count). The number of thiophene rings is 2. The van der Waals surface area contributed by atoms with Crippen LogP contribution in [0, 0.1) is 17.5 Å². The summed E-state index contributed by atoms with van der Waals surface area (Å²) >= 11 is 3.79. The van der Waals surface area contributed by atoms with E-state index in [9.17, 15) is 9.90 Å². The third-order valence-corrected chi connectivity index (χ3v) is 14.3. The number of aromatic nitrogens is 3. The summed E-state index contributed by atoms with van der Waals surface area (Å²) in [5.41, 5.74) is 7.91. The molecule has 0 aliphatic heterocycles. The Morgan fingerprint density at radius 3 is 1.47 bits per heavy atom. The second-order valence-corrected chi connectivity index (χ2v) is 20.7. The molecule has 360 valence electrons. The van der Waals surface area contributed by atoms with Crippen molar-refractivity contribution in [1.29, 1.82) is 0 Å². The molecule has 5 heterocycles. The molecule has 0 atom stereocenters. The Labute approximate surface area is 437 Å². The number of ketones is 1. The number of aryl methyl sites for hydroxylation is 2. The van der Waals surface area contributed by atoms with Gasteiger partial charge < -0.3 is 19.6 Å². The van der Waals surface area contributed by atoms with Crippen molar-refractivity contribution < 1.29 is 30.0 Å². The number of hydrogen-bond acceptors (Lipinski definition) is 6. The SMILES string of the molecule is CCCCCCc1ccc(-c2ccc3c(c2)c2cc(-c4ccc(CCCCCC)s4)ccc2n3CC(=O)/C=C(\[O-])C(C)(C)C)s1.[Ir+3].[c-]1ccccc1-c1ccccn1.[c-]1ccccc1-c1ccccn1. The summed E-state index contributed by atoms with van der Waals surface area (Å²) in [6, 6.07) is 56.0.